The molecular weight excluding hydrogens is 327 g/mol. The van der Waals surface area contributed by atoms with Gasteiger partial charge in [0.25, 0.3) is 0 Å². The first-order chi connectivity index (χ1) is 11.5. The fraction of sp³-hybridized carbons (Fsp3) is 0.368. The standard InChI is InChI=1S/C19H20ClFN2O/c20-17-8-16(9-18(21)10-17)11-22-13-19(24)6-7-23(14-19)12-15-4-2-1-3-5-15/h1-2,4,8-10,22,24H,6-7,11-14H2. The number of aliphatic hydroxyl groups is 1. The normalized spacial score (nSPS) is 21.0. The number of β-amino-alcohol motifs (C(OH)–C–C–N with tert-alkyl or cyclic N) is 1. The van der Waals surface area contributed by atoms with Gasteiger partial charge in [0.05, 0.1) is 5.60 Å². The summed E-state index contributed by atoms with van der Waals surface area (Å²) in [6.45, 7) is 3.14. The molecule has 1 fully saturated rings. The van der Waals surface area contributed by atoms with Gasteiger partial charge in [-0.25, -0.2) is 4.39 Å². The summed E-state index contributed by atoms with van der Waals surface area (Å²) < 4.78 is 13.3. The Kier molecular flexibility index (Phi) is 5.37. The second kappa shape index (κ2) is 7.50. The summed E-state index contributed by atoms with van der Waals surface area (Å²) in [5, 5.41) is 14.3. The Morgan fingerprint density at radius 1 is 1.38 bits per heavy atom. The first kappa shape index (κ1) is 17.2. The van der Waals surface area contributed by atoms with Gasteiger partial charge < -0.3 is 10.4 Å². The highest BCUT2D eigenvalue weighted by atomic mass is 35.5. The average molecular weight is 347 g/mol. The summed E-state index contributed by atoms with van der Waals surface area (Å²) in [7, 11) is 0. The molecular formula is C19H20ClFN2O. The second-order valence-electron chi connectivity index (χ2n) is 6.39. The Bertz CT molecular complexity index is 662. The lowest BCUT2D eigenvalue weighted by Gasteiger charge is -2.24. The van der Waals surface area contributed by atoms with E-state index in [9.17, 15) is 9.50 Å². The molecule has 3 nitrogen and oxygen atoms in total. The molecule has 2 N–H and O–H groups in total. The van der Waals surface area contributed by atoms with E-state index in [1.165, 1.54) is 12.1 Å². The maximum absolute atomic E-state index is 13.3. The number of hydrogen-bond acceptors (Lipinski definition) is 3. The minimum Gasteiger partial charge on any atom is -0.387 e. The largest absolute Gasteiger partial charge is 0.387 e. The second-order valence-corrected chi connectivity index (χ2v) is 6.82. The van der Waals surface area contributed by atoms with Crippen LogP contribution >= 0.6 is 11.6 Å². The van der Waals surface area contributed by atoms with E-state index >= 15 is 0 Å². The van der Waals surface area contributed by atoms with Crippen LogP contribution in [-0.4, -0.2) is 35.2 Å². The number of likely N-dealkylation sites (tertiary alicyclic amines) is 1. The summed E-state index contributed by atoms with van der Waals surface area (Å²) in [6, 6.07) is 16.3. The van der Waals surface area contributed by atoms with Gasteiger partial charge in [0.2, 0.25) is 0 Å². The molecule has 0 amide bonds. The molecule has 0 aliphatic carbocycles. The van der Waals surface area contributed by atoms with Crippen molar-refractivity contribution in [1.82, 2.24) is 10.2 Å². The van der Waals surface area contributed by atoms with Crippen molar-refractivity contribution >= 4 is 11.6 Å². The molecule has 0 saturated carbocycles. The fourth-order valence-electron chi connectivity index (χ4n) is 3.09. The number of nitrogens with one attached hydrogen (secondary N) is 1. The summed E-state index contributed by atoms with van der Waals surface area (Å²) in [4.78, 5) is 2.21. The van der Waals surface area contributed by atoms with Gasteiger partial charge in [-0.3, -0.25) is 4.90 Å². The Balaban J connectivity index is 1.48. The summed E-state index contributed by atoms with van der Waals surface area (Å²) >= 11 is 5.85. The Hall–Kier alpha value is -1.64. The molecule has 1 aliphatic rings. The zero-order valence-electron chi connectivity index (χ0n) is 13.4. The van der Waals surface area contributed by atoms with E-state index in [2.05, 4.69) is 22.3 Å². The number of benzene rings is 1. The molecule has 5 heteroatoms. The van der Waals surface area contributed by atoms with Crippen LogP contribution < -0.4 is 5.32 Å². The molecule has 2 aromatic rings. The zero-order valence-corrected chi connectivity index (χ0v) is 14.1. The van der Waals surface area contributed by atoms with E-state index < -0.39 is 5.60 Å². The SMILES string of the molecule is OC1(CNCc2cc(F)cc(Cl)c2)CCN(Cc2c#cccc2)C1. The lowest BCUT2D eigenvalue weighted by Crippen LogP contribution is -2.42. The lowest BCUT2D eigenvalue weighted by molar-refractivity contribution is 0.0481. The van der Waals surface area contributed by atoms with Crippen molar-refractivity contribution in [2.75, 3.05) is 19.6 Å². The molecule has 126 valence electrons. The van der Waals surface area contributed by atoms with E-state index in [4.69, 9.17) is 11.6 Å². The van der Waals surface area contributed by atoms with Crippen molar-refractivity contribution < 1.29 is 9.50 Å². The monoisotopic (exact) mass is 346 g/mol. The summed E-state index contributed by atoms with van der Waals surface area (Å²) in [6.07, 6.45) is 0.709. The Morgan fingerprint density at radius 3 is 3.00 bits per heavy atom. The predicted octanol–water partition coefficient (Wildman–Crippen LogP) is 2.81. The van der Waals surface area contributed by atoms with Crippen LogP contribution in [0.5, 0.6) is 0 Å². The first-order valence-corrected chi connectivity index (χ1v) is 8.38. The quantitative estimate of drug-likeness (QED) is 0.844. The van der Waals surface area contributed by atoms with Crippen LogP contribution in [-0.2, 0) is 13.1 Å². The van der Waals surface area contributed by atoms with Crippen LogP contribution in [0.2, 0.25) is 5.02 Å². The first-order valence-electron chi connectivity index (χ1n) is 8.00. The van der Waals surface area contributed by atoms with Gasteiger partial charge >= 0.3 is 0 Å². The van der Waals surface area contributed by atoms with Crippen LogP contribution in [0.4, 0.5) is 4.39 Å². The number of halogens is 2. The molecule has 1 aliphatic heterocycles. The third-order valence-electron chi connectivity index (χ3n) is 4.22. The Labute approximate surface area is 147 Å². The molecule has 1 saturated heterocycles. The lowest BCUT2D eigenvalue weighted by atomic mass is 10.0. The van der Waals surface area contributed by atoms with Crippen molar-refractivity contribution in [2.24, 2.45) is 0 Å². The number of nitrogens with zero attached hydrogens (tertiary/aromatic N) is 1. The van der Waals surface area contributed by atoms with Crippen LogP contribution in [0.25, 0.3) is 0 Å². The molecule has 3 rings (SSSR count). The fourth-order valence-corrected chi connectivity index (χ4v) is 3.34. The van der Waals surface area contributed by atoms with Gasteiger partial charge in [0.1, 0.15) is 5.82 Å². The van der Waals surface area contributed by atoms with Crippen molar-refractivity contribution in [3.05, 3.63) is 70.5 Å². The Morgan fingerprint density at radius 2 is 2.25 bits per heavy atom. The molecule has 1 atom stereocenters. The van der Waals surface area contributed by atoms with Crippen LogP contribution in [0.1, 0.15) is 17.5 Å². The van der Waals surface area contributed by atoms with Gasteiger partial charge in [0.15, 0.2) is 0 Å². The van der Waals surface area contributed by atoms with Gasteiger partial charge in [-0.2, -0.15) is 0 Å². The third-order valence-corrected chi connectivity index (χ3v) is 4.44. The minimum absolute atomic E-state index is 0.346. The molecule has 0 spiro atoms. The van der Waals surface area contributed by atoms with Crippen molar-refractivity contribution in [2.45, 2.75) is 25.1 Å². The predicted molar refractivity (Wildman–Crippen MR) is 92.1 cm³/mol. The zero-order chi connectivity index (χ0) is 17.0. The molecule has 24 heavy (non-hydrogen) atoms. The highest BCUT2D eigenvalue weighted by Gasteiger charge is 2.35. The maximum Gasteiger partial charge on any atom is 0.125 e. The molecule has 1 unspecified atom stereocenters. The van der Waals surface area contributed by atoms with Gasteiger partial charge in [-0.1, -0.05) is 29.8 Å². The highest BCUT2D eigenvalue weighted by Crippen LogP contribution is 2.22. The van der Waals surface area contributed by atoms with E-state index in [0.717, 1.165) is 24.2 Å². The van der Waals surface area contributed by atoms with Crippen LogP contribution in [0.15, 0.2) is 36.4 Å². The van der Waals surface area contributed by atoms with Crippen molar-refractivity contribution in [3.8, 4) is 0 Å². The topological polar surface area (TPSA) is 35.5 Å². The summed E-state index contributed by atoms with van der Waals surface area (Å²) in [5.41, 5.74) is 1.08. The van der Waals surface area contributed by atoms with Gasteiger partial charge in [0, 0.05) is 43.3 Å². The van der Waals surface area contributed by atoms with Crippen LogP contribution in [0, 0.1) is 17.9 Å². The molecule has 0 bridgehead atoms. The van der Waals surface area contributed by atoms with Gasteiger partial charge in [-0.15, -0.1) is 0 Å². The maximum atomic E-state index is 13.3. The number of hydrogen-bond donors (Lipinski definition) is 2. The van der Waals surface area contributed by atoms with E-state index in [1.807, 2.05) is 18.2 Å². The van der Waals surface area contributed by atoms with E-state index in [-0.39, 0.29) is 5.82 Å². The van der Waals surface area contributed by atoms with Crippen molar-refractivity contribution in [1.29, 1.82) is 0 Å². The minimum atomic E-state index is -0.768. The van der Waals surface area contributed by atoms with Gasteiger partial charge in [-0.05, 0) is 42.3 Å². The molecule has 1 heterocycles. The number of rotatable bonds is 6. The molecule has 0 radical (unpaired) electrons. The molecule has 2 aromatic carbocycles. The van der Waals surface area contributed by atoms with E-state index in [1.54, 1.807) is 6.07 Å². The highest BCUT2D eigenvalue weighted by molar-refractivity contribution is 6.30. The molecule has 0 aromatic heterocycles. The third kappa shape index (κ3) is 4.68. The smallest absolute Gasteiger partial charge is 0.125 e. The average Bonchev–Trinajstić information content (AvgIpc) is 2.88. The van der Waals surface area contributed by atoms with Crippen LogP contribution in [0.3, 0.4) is 0 Å². The van der Waals surface area contributed by atoms with E-state index in [0.29, 0.717) is 31.1 Å². The summed E-state index contributed by atoms with van der Waals surface area (Å²) in [5.74, 6) is -0.346. The van der Waals surface area contributed by atoms with Crippen molar-refractivity contribution in [3.63, 3.8) is 0 Å².